The van der Waals surface area contributed by atoms with Gasteiger partial charge in [-0.05, 0) is 34.1 Å². The molecule has 0 spiro atoms. The Morgan fingerprint density at radius 3 is 2.64 bits per heavy atom. The summed E-state index contributed by atoms with van der Waals surface area (Å²) >= 11 is 0. The van der Waals surface area contributed by atoms with E-state index in [1.54, 1.807) is 27.7 Å². The molecule has 0 aliphatic carbocycles. The molecule has 0 bridgehead atoms. The smallest absolute Gasteiger partial charge is 0.408 e. The quantitative estimate of drug-likeness (QED) is 0.563. The molecule has 146 valence electrons. The third-order valence-corrected chi connectivity index (χ3v) is 3.54. The van der Waals surface area contributed by atoms with Crippen LogP contribution in [0.4, 0.5) is 4.79 Å². The van der Waals surface area contributed by atoms with Gasteiger partial charge in [-0.2, -0.15) is 0 Å². The molecule has 1 fully saturated rings. The van der Waals surface area contributed by atoms with Gasteiger partial charge in [-0.3, -0.25) is 0 Å². The monoisotopic (exact) mass is 361 g/mol. The molecule has 8 heteroatoms. The number of amides is 1. The van der Waals surface area contributed by atoms with E-state index in [2.05, 4.69) is 5.32 Å². The zero-order valence-electron chi connectivity index (χ0n) is 15.7. The van der Waals surface area contributed by atoms with Crippen LogP contribution in [0.1, 0.15) is 47.5 Å². The van der Waals surface area contributed by atoms with E-state index in [4.69, 9.17) is 18.9 Å². The average molecular weight is 361 g/mol. The number of nitrogens with one attached hydrogen (secondary N) is 1. The van der Waals surface area contributed by atoms with Gasteiger partial charge in [-0.25, -0.2) is 9.59 Å². The lowest BCUT2D eigenvalue weighted by molar-refractivity contribution is -0.161. The van der Waals surface area contributed by atoms with E-state index in [0.29, 0.717) is 6.61 Å². The minimum atomic E-state index is -1.01. The first kappa shape index (κ1) is 21.7. The second-order valence-corrected chi connectivity index (χ2v) is 7.13. The minimum absolute atomic E-state index is 0.0921. The Balaban J connectivity index is 2.68. The summed E-state index contributed by atoms with van der Waals surface area (Å²) in [7, 11) is 0. The summed E-state index contributed by atoms with van der Waals surface area (Å²) in [6.07, 6.45) is -1.31. The van der Waals surface area contributed by atoms with Crippen molar-refractivity contribution in [1.82, 2.24) is 5.32 Å². The first-order valence-corrected chi connectivity index (χ1v) is 8.71. The standard InChI is InChI=1S/C17H31NO7/c1-6-7-8-23-13-10-22-9-12(15(20)24-11(2)14(13)19)18-16(21)25-17(3,4)5/h11-14,19H,6-10H2,1-5H3,(H,18,21)/t11-,12-,13-,14-/m0/s1. The number of hydrogen-bond donors (Lipinski definition) is 2. The van der Waals surface area contributed by atoms with Crippen LogP contribution in [0.3, 0.4) is 0 Å². The van der Waals surface area contributed by atoms with Crippen LogP contribution in [-0.4, -0.2) is 66.9 Å². The number of hydrogen-bond acceptors (Lipinski definition) is 7. The van der Waals surface area contributed by atoms with Gasteiger partial charge < -0.3 is 29.4 Å². The molecule has 1 heterocycles. The SMILES string of the molecule is CCCCO[C@H]1COC[C@H](NC(=O)OC(C)(C)C)C(=O)O[C@@H](C)[C@@H]1O. The predicted molar refractivity (Wildman–Crippen MR) is 90.2 cm³/mol. The van der Waals surface area contributed by atoms with E-state index >= 15 is 0 Å². The zero-order valence-corrected chi connectivity index (χ0v) is 15.7. The molecule has 25 heavy (non-hydrogen) atoms. The van der Waals surface area contributed by atoms with E-state index in [1.165, 1.54) is 0 Å². The summed E-state index contributed by atoms with van der Waals surface area (Å²) in [5.41, 5.74) is -0.685. The van der Waals surface area contributed by atoms with E-state index in [9.17, 15) is 14.7 Å². The van der Waals surface area contributed by atoms with Crippen LogP contribution in [0, 0.1) is 0 Å². The Morgan fingerprint density at radius 2 is 2.04 bits per heavy atom. The highest BCUT2D eigenvalue weighted by Gasteiger charge is 2.34. The van der Waals surface area contributed by atoms with E-state index in [-0.39, 0.29) is 13.2 Å². The van der Waals surface area contributed by atoms with Gasteiger partial charge >= 0.3 is 12.1 Å². The van der Waals surface area contributed by atoms with Crippen molar-refractivity contribution in [3.8, 4) is 0 Å². The summed E-state index contributed by atoms with van der Waals surface area (Å²) in [5, 5.41) is 12.8. The van der Waals surface area contributed by atoms with Crippen molar-refractivity contribution in [3.05, 3.63) is 0 Å². The molecule has 0 unspecified atom stereocenters. The number of alkyl carbamates (subject to hydrolysis) is 1. The number of aliphatic hydroxyl groups excluding tert-OH is 1. The molecule has 1 aliphatic rings. The number of carbonyl (C=O) groups is 2. The zero-order chi connectivity index (χ0) is 19.0. The third-order valence-electron chi connectivity index (χ3n) is 3.54. The molecule has 2 N–H and O–H groups in total. The molecule has 1 saturated heterocycles. The van der Waals surface area contributed by atoms with E-state index in [0.717, 1.165) is 12.8 Å². The van der Waals surface area contributed by atoms with Crippen molar-refractivity contribution in [1.29, 1.82) is 0 Å². The normalized spacial score (nSPS) is 28.3. The Bertz CT molecular complexity index is 435. The van der Waals surface area contributed by atoms with Gasteiger partial charge in [0.15, 0.2) is 6.04 Å². The highest BCUT2D eigenvalue weighted by Crippen LogP contribution is 2.14. The molecular weight excluding hydrogens is 330 g/mol. The van der Waals surface area contributed by atoms with Crippen LogP contribution in [-0.2, 0) is 23.7 Å². The lowest BCUT2D eigenvalue weighted by Gasteiger charge is -2.26. The molecule has 1 aliphatic heterocycles. The van der Waals surface area contributed by atoms with Gasteiger partial charge in [0.25, 0.3) is 0 Å². The van der Waals surface area contributed by atoms with Gasteiger partial charge in [0.1, 0.15) is 23.9 Å². The second kappa shape index (κ2) is 9.94. The number of cyclic esters (lactones) is 1. The van der Waals surface area contributed by atoms with E-state index < -0.39 is 42.0 Å². The molecule has 0 radical (unpaired) electrons. The number of aliphatic hydroxyl groups is 1. The number of ether oxygens (including phenoxy) is 4. The maximum absolute atomic E-state index is 12.2. The largest absolute Gasteiger partial charge is 0.458 e. The minimum Gasteiger partial charge on any atom is -0.458 e. The molecular formula is C17H31NO7. The molecule has 0 saturated carbocycles. The van der Waals surface area contributed by atoms with Crippen LogP contribution < -0.4 is 5.32 Å². The first-order chi connectivity index (χ1) is 11.6. The summed E-state index contributed by atoms with van der Waals surface area (Å²) in [6.45, 7) is 9.28. The Morgan fingerprint density at radius 1 is 1.36 bits per heavy atom. The summed E-state index contributed by atoms with van der Waals surface area (Å²) < 4.78 is 21.5. The first-order valence-electron chi connectivity index (χ1n) is 8.71. The number of unbranched alkanes of at least 4 members (excludes halogenated alkanes) is 1. The highest BCUT2D eigenvalue weighted by atomic mass is 16.6. The van der Waals surface area contributed by atoms with Crippen molar-refractivity contribution in [3.63, 3.8) is 0 Å². The molecule has 0 aromatic carbocycles. The molecule has 1 rings (SSSR count). The van der Waals surface area contributed by atoms with Gasteiger partial charge in [0, 0.05) is 6.61 Å². The van der Waals surface area contributed by atoms with Crippen LogP contribution in [0.5, 0.6) is 0 Å². The topological polar surface area (TPSA) is 103 Å². The molecule has 1 amide bonds. The van der Waals surface area contributed by atoms with Crippen LogP contribution in [0.25, 0.3) is 0 Å². The van der Waals surface area contributed by atoms with Crippen LogP contribution in [0.2, 0.25) is 0 Å². The maximum Gasteiger partial charge on any atom is 0.408 e. The molecule has 4 atom stereocenters. The Kier molecular flexibility index (Phi) is 8.61. The highest BCUT2D eigenvalue weighted by molar-refractivity contribution is 5.81. The fourth-order valence-corrected chi connectivity index (χ4v) is 2.18. The van der Waals surface area contributed by atoms with Crippen molar-refractivity contribution >= 4 is 12.1 Å². The second-order valence-electron chi connectivity index (χ2n) is 7.13. The summed E-state index contributed by atoms with van der Waals surface area (Å²) in [5.74, 6) is -0.688. The molecule has 8 nitrogen and oxygen atoms in total. The average Bonchev–Trinajstić information content (AvgIpc) is 2.53. The van der Waals surface area contributed by atoms with Crippen LogP contribution in [0.15, 0.2) is 0 Å². The predicted octanol–water partition coefficient (Wildman–Crippen LogP) is 1.39. The third kappa shape index (κ3) is 8.02. The van der Waals surface area contributed by atoms with Gasteiger partial charge in [-0.1, -0.05) is 13.3 Å². The lowest BCUT2D eigenvalue weighted by Crippen LogP contribution is -2.47. The van der Waals surface area contributed by atoms with Crippen LogP contribution >= 0.6 is 0 Å². The van der Waals surface area contributed by atoms with E-state index in [1.807, 2.05) is 6.92 Å². The maximum atomic E-state index is 12.2. The number of carbonyl (C=O) groups excluding carboxylic acids is 2. The van der Waals surface area contributed by atoms with Crippen molar-refractivity contribution < 1.29 is 33.6 Å². The number of rotatable bonds is 5. The van der Waals surface area contributed by atoms with Crippen molar-refractivity contribution in [2.45, 2.75) is 77.4 Å². The van der Waals surface area contributed by atoms with Crippen molar-refractivity contribution in [2.75, 3.05) is 19.8 Å². The fraction of sp³-hybridized carbons (Fsp3) is 0.882. The van der Waals surface area contributed by atoms with Gasteiger partial charge in [0.2, 0.25) is 0 Å². The Labute approximate surface area is 149 Å². The van der Waals surface area contributed by atoms with Crippen molar-refractivity contribution in [2.24, 2.45) is 0 Å². The lowest BCUT2D eigenvalue weighted by atomic mass is 10.1. The molecule has 0 aromatic heterocycles. The summed E-state index contributed by atoms with van der Waals surface area (Å²) in [6, 6.07) is -1.01. The number of esters is 1. The van der Waals surface area contributed by atoms with Gasteiger partial charge in [-0.15, -0.1) is 0 Å². The van der Waals surface area contributed by atoms with Gasteiger partial charge in [0.05, 0.1) is 13.2 Å². The fourth-order valence-electron chi connectivity index (χ4n) is 2.18. The Hall–Kier alpha value is -1.38. The molecule has 0 aromatic rings. The summed E-state index contributed by atoms with van der Waals surface area (Å²) in [4.78, 5) is 24.1.